The molecule has 0 aliphatic carbocycles. The smallest absolute Gasteiger partial charge is 0.231 e. The van der Waals surface area contributed by atoms with Gasteiger partial charge in [-0.15, -0.1) is 5.10 Å². The summed E-state index contributed by atoms with van der Waals surface area (Å²) in [5, 5.41) is 20.1. The van der Waals surface area contributed by atoms with Crippen molar-refractivity contribution in [2.75, 3.05) is 30.8 Å². The number of rotatable bonds is 8. The highest BCUT2D eigenvalue weighted by molar-refractivity contribution is 7.92. The molecule has 0 unspecified atom stereocenters. The fourth-order valence-corrected chi connectivity index (χ4v) is 5.95. The van der Waals surface area contributed by atoms with Crippen molar-refractivity contribution in [2.45, 2.75) is 49.7 Å². The minimum atomic E-state index is -3.54. The molecule has 2 aromatic carbocycles. The van der Waals surface area contributed by atoms with Crippen molar-refractivity contribution in [3.05, 3.63) is 47.5 Å². The number of nitrogens with one attached hydrogen (secondary N) is 4. The number of para-hydroxylation sites is 1. The molecule has 200 valence electrons. The molecule has 0 atom stereocenters. The van der Waals surface area contributed by atoms with Crippen LogP contribution in [0, 0.1) is 6.92 Å². The number of aromatic nitrogens is 5. The molecule has 0 saturated carbocycles. The van der Waals surface area contributed by atoms with Crippen LogP contribution in [0.3, 0.4) is 0 Å². The third kappa shape index (κ3) is 5.01. The number of methoxy groups -OCH3 is 1. The Bertz CT molecular complexity index is 1560. The zero-order chi connectivity index (χ0) is 26.9. The summed E-state index contributed by atoms with van der Waals surface area (Å²) in [4.78, 5) is 9.32. The van der Waals surface area contributed by atoms with E-state index in [0.29, 0.717) is 34.3 Å². The Labute approximate surface area is 221 Å². The molecule has 2 aromatic heterocycles. The molecule has 0 amide bonds. The maximum atomic E-state index is 13.0. The van der Waals surface area contributed by atoms with Crippen molar-refractivity contribution >= 4 is 44.1 Å². The van der Waals surface area contributed by atoms with Gasteiger partial charge in [-0.1, -0.05) is 12.1 Å². The predicted molar refractivity (Wildman–Crippen MR) is 147 cm³/mol. The van der Waals surface area contributed by atoms with E-state index in [0.717, 1.165) is 37.2 Å². The van der Waals surface area contributed by atoms with E-state index in [4.69, 9.17) is 4.74 Å². The number of hydrogen-bond donors (Lipinski definition) is 4. The fraction of sp³-hybridized carbons (Fsp3) is 0.385. The quantitative estimate of drug-likeness (QED) is 0.258. The predicted octanol–water partition coefficient (Wildman–Crippen LogP) is 4.20. The van der Waals surface area contributed by atoms with E-state index in [1.807, 2.05) is 6.07 Å². The first-order chi connectivity index (χ1) is 18.3. The van der Waals surface area contributed by atoms with Crippen LogP contribution in [0.15, 0.2) is 41.3 Å². The molecule has 1 fully saturated rings. The Morgan fingerprint density at radius 3 is 2.53 bits per heavy atom. The molecular formula is C26H32N8O3S. The van der Waals surface area contributed by atoms with Crippen molar-refractivity contribution in [3.63, 3.8) is 0 Å². The first-order valence-electron chi connectivity index (χ1n) is 12.6. The van der Waals surface area contributed by atoms with Crippen LogP contribution < -0.4 is 20.7 Å². The number of benzene rings is 2. The summed E-state index contributed by atoms with van der Waals surface area (Å²) in [5.74, 6) is 1.76. The third-order valence-corrected chi connectivity index (χ3v) is 9.07. The fourth-order valence-electron chi connectivity index (χ4n) is 4.75. The van der Waals surface area contributed by atoms with Crippen LogP contribution in [0.5, 0.6) is 5.75 Å². The number of sulfone groups is 1. The number of H-pyrrole nitrogens is 1. The molecule has 5 rings (SSSR count). The Balaban J connectivity index is 1.51. The lowest BCUT2D eigenvalue weighted by Crippen LogP contribution is -2.27. The largest absolute Gasteiger partial charge is 0.495 e. The Morgan fingerprint density at radius 2 is 1.79 bits per heavy atom. The zero-order valence-corrected chi connectivity index (χ0v) is 22.7. The van der Waals surface area contributed by atoms with E-state index in [9.17, 15) is 8.42 Å². The highest BCUT2D eigenvalue weighted by atomic mass is 32.2. The van der Waals surface area contributed by atoms with Gasteiger partial charge >= 0.3 is 0 Å². The number of anilines is 4. The normalized spacial score (nSPS) is 14.7. The molecule has 4 aromatic rings. The molecule has 3 heterocycles. The third-order valence-electron chi connectivity index (χ3n) is 6.86. The number of aromatic amines is 1. The second-order valence-electron chi connectivity index (χ2n) is 9.66. The van der Waals surface area contributed by atoms with E-state index in [-0.39, 0.29) is 10.8 Å². The lowest BCUT2D eigenvalue weighted by molar-refractivity contribution is 0.413. The van der Waals surface area contributed by atoms with Crippen molar-refractivity contribution in [2.24, 2.45) is 0 Å². The van der Waals surface area contributed by atoms with Crippen LogP contribution in [0.1, 0.15) is 43.7 Å². The average Bonchev–Trinajstić information content (AvgIpc) is 3.38. The number of aryl methyl sites for hydroxylation is 1. The minimum Gasteiger partial charge on any atom is -0.495 e. The Morgan fingerprint density at radius 1 is 1.03 bits per heavy atom. The molecule has 1 aliphatic heterocycles. The van der Waals surface area contributed by atoms with Crippen LogP contribution in [0.25, 0.3) is 11.2 Å². The molecule has 1 saturated heterocycles. The van der Waals surface area contributed by atoms with Gasteiger partial charge in [-0.2, -0.15) is 20.3 Å². The van der Waals surface area contributed by atoms with Crippen LogP contribution >= 0.6 is 0 Å². The number of hydrogen-bond acceptors (Lipinski definition) is 10. The SMILES string of the molecule is COc1cc(C2CCNCC2)c(C)cc1Nc1nc(Nc2ccccc2S(=O)(=O)C(C)C)c2n[nH]nc2n1. The molecular weight excluding hydrogens is 504 g/mol. The summed E-state index contributed by atoms with van der Waals surface area (Å²) in [6.07, 6.45) is 2.18. The Kier molecular flexibility index (Phi) is 7.17. The van der Waals surface area contributed by atoms with E-state index in [1.54, 1.807) is 45.2 Å². The van der Waals surface area contributed by atoms with Crippen LogP contribution in [-0.2, 0) is 9.84 Å². The van der Waals surface area contributed by atoms with Crippen molar-refractivity contribution in [1.29, 1.82) is 0 Å². The van der Waals surface area contributed by atoms with Crippen LogP contribution in [-0.4, -0.2) is 59.2 Å². The van der Waals surface area contributed by atoms with Crippen LogP contribution in [0.2, 0.25) is 0 Å². The highest BCUT2D eigenvalue weighted by Gasteiger charge is 2.24. The summed E-state index contributed by atoms with van der Waals surface area (Å²) >= 11 is 0. The second-order valence-corrected chi connectivity index (χ2v) is 12.1. The van der Waals surface area contributed by atoms with Gasteiger partial charge in [-0.05, 0) is 88.0 Å². The van der Waals surface area contributed by atoms with Gasteiger partial charge in [-0.25, -0.2) is 8.42 Å². The monoisotopic (exact) mass is 536 g/mol. The van der Waals surface area contributed by atoms with Gasteiger partial charge in [0.15, 0.2) is 21.2 Å². The summed E-state index contributed by atoms with van der Waals surface area (Å²) in [6.45, 7) is 7.42. The molecule has 4 N–H and O–H groups in total. The molecule has 11 nitrogen and oxygen atoms in total. The summed E-state index contributed by atoms with van der Waals surface area (Å²) in [5.41, 5.74) is 4.28. The number of nitrogens with zero attached hydrogens (tertiary/aromatic N) is 4. The maximum Gasteiger partial charge on any atom is 0.231 e. The van der Waals surface area contributed by atoms with Crippen molar-refractivity contribution < 1.29 is 13.2 Å². The van der Waals surface area contributed by atoms with E-state index in [2.05, 4.69) is 54.3 Å². The molecule has 0 radical (unpaired) electrons. The average molecular weight is 537 g/mol. The lowest BCUT2D eigenvalue weighted by Gasteiger charge is -2.25. The maximum absolute atomic E-state index is 13.0. The number of ether oxygens (including phenoxy) is 1. The van der Waals surface area contributed by atoms with E-state index < -0.39 is 15.1 Å². The van der Waals surface area contributed by atoms with Crippen molar-refractivity contribution in [3.8, 4) is 5.75 Å². The van der Waals surface area contributed by atoms with Crippen LogP contribution in [0.4, 0.5) is 23.1 Å². The highest BCUT2D eigenvalue weighted by Crippen LogP contribution is 2.37. The number of piperidine rings is 1. The minimum absolute atomic E-state index is 0.186. The second kappa shape index (κ2) is 10.5. The van der Waals surface area contributed by atoms with Gasteiger partial charge in [0.05, 0.1) is 28.6 Å². The molecule has 38 heavy (non-hydrogen) atoms. The standard InChI is InChI=1S/C26H32N8O3S/c1-15(2)38(35,36)22-8-6-5-7-19(22)28-24-23-25(33-34-32-23)31-26(30-24)29-20-13-16(3)18(14-21(20)37-4)17-9-11-27-12-10-17/h5-8,13-15,17,27H,9-12H2,1-4H3,(H3,28,29,30,31,32,33,34). The van der Waals surface area contributed by atoms with Gasteiger partial charge in [0.1, 0.15) is 5.75 Å². The van der Waals surface area contributed by atoms with Gasteiger partial charge in [0, 0.05) is 0 Å². The zero-order valence-electron chi connectivity index (χ0n) is 21.9. The summed E-state index contributed by atoms with van der Waals surface area (Å²) in [7, 11) is -1.90. The molecule has 1 aliphatic rings. The van der Waals surface area contributed by atoms with Gasteiger partial charge in [-0.3, -0.25) is 0 Å². The summed E-state index contributed by atoms with van der Waals surface area (Å²) in [6, 6.07) is 10.9. The first-order valence-corrected chi connectivity index (χ1v) is 14.2. The van der Waals surface area contributed by atoms with Gasteiger partial charge in [0.2, 0.25) is 11.6 Å². The first kappa shape index (κ1) is 25.9. The topological polar surface area (TPSA) is 147 Å². The molecule has 12 heteroatoms. The summed E-state index contributed by atoms with van der Waals surface area (Å²) < 4.78 is 31.7. The van der Waals surface area contributed by atoms with E-state index >= 15 is 0 Å². The number of fused-ring (bicyclic) bond motifs is 1. The Hall–Kier alpha value is -3.77. The van der Waals surface area contributed by atoms with Gasteiger partial charge in [0.25, 0.3) is 0 Å². The lowest BCUT2D eigenvalue weighted by atomic mass is 9.87. The van der Waals surface area contributed by atoms with Gasteiger partial charge < -0.3 is 20.7 Å². The van der Waals surface area contributed by atoms with E-state index in [1.165, 1.54) is 5.56 Å². The molecule has 0 spiro atoms. The molecule has 0 bridgehead atoms. The van der Waals surface area contributed by atoms with Crippen molar-refractivity contribution in [1.82, 2.24) is 30.7 Å².